The number of aromatic nitrogens is 5. The molecule has 1 amide bonds. The molecule has 0 aromatic carbocycles. The van der Waals surface area contributed by atoms with Crippen LogP contribution in [0.1, 0.15) is 76.6 Å². The van der Waals surface area contributed by atoms with Crippen LogP contribution in [0.5, 0.6) is 0 Å². The highest BCUT2D eigenvalue weighted by atomic mass is 16.3. The van der Waals surface area contributed by atoms with E-state index in [0.29, 0.717) is 24.2 Å². The van der Waals surface area contributed by atoms with Crippen LogP contribution < -0.4 is 9.99 Å². The van der Waals surface area contributed by atoms with Gasteiger partial charge in [-0.25, -0.2) is 5.43 Å². The van der Waals surface area contributed by atoms with E-state index in [4.69, 9.17) is 0 Å². The minimum absolute atomic E-state index is 0.116. The summed E-state index contributed by atoms with van der Waals surface area (Å²) in [4.78, 5) is 14.2. The van der Waals surface area contributed by atoms with Crippen molar-refractivity contribution in [2.24, 2.45) is 40.7 Å². The lowest BCUT2D eigenvalue weighted by molar-refractivity contribution is -0.689. The summed E-state index contributed by atoms with van der Waals surface area (Å²) >= 11 is 0. The number of pyridine rings is 1. The smallest absolute Gasteiger partial charge is 0.244 e. The van der Waals surface area contributed by atoms with E-state index in [1.807, 2.05) is 29.1 Å². The third-order valence-corrected chi connectivity index (χ3v) is 10.4. The average Bonchev–Trinajstić information content (AvgIpc) is 3.44. The first-order chi connectivity index (χ1) is 18.2. The van der Waals surface area contributed by atoms with E-state index in [-0.39, 0.29) is 29.3 Å². The Hall–Kier alpha value is -2.94. The van der Waals surface area contributed by atoms with Gasteiger partial charge in [-0.05, 0) is 97.3 Å². The number of hydrazone groups is 1. The van der Waals surface area contributed by atoms with Gasteiger partial charge in [-0.3, -0.25) is 4.79 Å². The molecule has 202 valence electrons. The van der Waals surface area contributed by atoms with Gasteiger partial charge < -0.3 is 5.11 Å². The quantitative estimate of drug-likeness (QED) is 0.467. The molecule has 9 nitrogen and oxygen atoms in total. The van der Waals surface area contributed by atoms with Crippen LogP contribution >= 0.6 is 0 Å². The third kappa shape index (κ3) is 4.48. The van der Waals surface area contributed by atoms with Gasteiger partial charge in [0.05, 0.1) is 25.3 Å². The summed E-state index contributed by atoms with van der Waals surface area (Å²) in [6.07, 6.45) is 15.1. The van der Waals surface area contributed by atoms with E-state index in [1.54, 1.807) is 7.05 Å². The van der Waals surface area contributed by atoms with E-state index >= 15 is 0 Å². The van der Waals surface area contributed by atoms with Gasteiger partial charge in [0.2, 0.25) is 18.3 Å². The van der Waals surface area contributed by atoms with Crippen molar-refractivity contribution in [2.75, 3.05) is 0 Å². The Kier molecular flexibility index (Phi) is 6.45. The van der Waals surface area contributed by atoms with Crippen LogP contribution in [-0.2, 0) is 24.8 Å². The fourth-order valence-electron chi connectivity index (χ4n) is 8.32. The zero-order valence-corrected chi connectivity index (χ0v) is 22.8. The Bertz CT molecular complexity index is 1290. The van der Waals surface area contributed by atoms with Gasteiger partial charge in [-0.2, -0.15) is 14.5 Å². The molecule has 2 heterocycles. The summed E-state index contributed by atoms with van der Waals surface area (Å²) in [7, 11) is 1.74. The number of nitrogens with one attached hydrogen (secondary N) is 1. The Morgan fingerprint density at radius 1 is 1.21 bits per heavy atom. The van der Waals surface area contributed by atoms with Crippen LogP contribution in [-0.4, -0.2) is 43.0 Å². The lowest BCUT2D eigenvalue weighted by atomic mass is 9.47. The molecule has 4 aliphatic rings. The molecule has 3 saturated carbocycles. The van der Waals surface area contributed by atoms with Crippen LogP contribution in [0.25, 0.3) is 0 Å². The molecule has 0 aliphatic heterocycles. The molecule has 6 rings (SSSR count). The van der Waals surface area contributed by atoms with E-state index in [9.17, 15) is 9.90 Å². The molecular weight excluding hydrogens is 478 g/mol. The fraction of sp³-hybridized carbons (Fsp3) is 0.655. The predicted molar refractivity (Wildman–Crippen MR) is 142 cm³/mol. The molecular formula is C29H40N7O2+. The number of aliphatic hydroxyl groups is 1. The van der Waals surface area contributed by atoms with Gasteiger partial charge in [0.15, 0.2) is 12.4 Å². The van der Waals surface area contributed by atoms with E-state index in [2.05, 4.69) is 45.9 Å². The number of carbonyl (C=O) groups excluding carboxylic acids is 1. The van der Waals surface area contributed by atoms with E-state index in [1.165, 1.54) is 29.6 Å². The summed E-state index contributed by atoms with van der Waals surface area (Å²) in [5.74, 6) is 2.60. The molecule has 2 aromatic rings. The van der Waals surface area contributed by atoms with Crippen molar-refractivity contribution in [2.45, 2.75) is 84.3 Å². The first-order valence-corrected chi connectivity index (χ1v) is 14.2. The maximum absolute atomic E-state index is 12.7. The number of carbonyl (C=O) groups is 1. The summed E-state index contributed by atoms with van der Waals surface area (Å²) in [6, 6.07) is 3.87. The lowest BCUT2D eigenvalue weighted by Gasteiger charge is -2.57. The SMILES string of the molecule is Cn1nnc(C[n+]2cccc(CC(=O)N/N=C3/C=C4CC[C@H]5[C@@H]6CC[C@@H](O)[C@@]6(C)CC[C@@H]5[C@@]4(C)CC3)c2)n1. The summed E-state index contributed by atoms with van der Waals surface area (Å²) in [5.41, 5.74) is 6.55. The van der Waals surface area contributed by atoms with Crippen molar-refractivity contribution in [3.05, 3.63) is 47.6 Å². The Morgan fingerprint density at radius 3 is 2.89 bits per heavy atom. The molecule has 0 saturated heterocycles. The molecule has 0 spiro atoms. The Labute approximate surface area is 224 Å². The van der Waals surface area contributed by atoms with E-state index < -0.39 is 0 Å². The highest BCUT2D eigenvalue weighted by molar-refractivity contribution is 5.97. The van der Waals surface area contributed by atoms with E-state index in [0.717, 1.165) is 49.3 Å². The molecule has 3 fully saturated rings. The van der Waals surface area contributed by atoms with Crippen molar-refractivity contribution in [3.63, 3.8) is 0 Å². The second-order valence-corrected chi connectivity index (χ2v) is 12.5. The molecule has 0 radical (unpaired) electrons. The van der Waals surface area contributed by atoms with Gasteiger partial charge in [-0.15, -0.1) is 10.2 Å². The molecule has 9 heteroatoms. The first-order valence-electron chi connectivity index (χ1n) is 14.2. The highest BCUT2D eigenvalue weighted by Crippen LogP contribution is 2.65. The Morgan fingerprint density at radius 2 is 2.08 bits per heavy atom. The minimum atomic E-state index is -0.122. The lowest BCUT2D eigenvalue weighted by Crippen LogP contribution is -2.51. The predicted octanol–water partition coefficient (Wildman–Crippen LogP) is 2.88. The largest absolute Gasteiger partial charge is 0.393 e. The second-order valence-electron chi connectivity index (χ2n) is 12.5. The zero-order chi connectivity index (χ0) is 26.5. The topological polar surface area (TPSA) is 109 Å². The van der Waals surface area contributed by atoms with Gasteiger partial charge in [0.25, 0.3) is 0 Å². The van der Waals surface area contributed by atoms with Gasteiger partial charge in [0.1, 0.15) is 0 Å². The molecule has 0 bridgehead atoms. The minimum Gasteiger partial charge on any atom is -0.393 e. The van der Waals surface area contributed by atoms with Gasteiger partial charge in [0, 0.05) is 11.6 Å². The van der Waals surface area contributed by atoms with Crippen LogP contribution in [0.2, 0.25) is 0 Å². The monoisotopic (exact) mass is 518 g/mol. The highest BCUT2D eigenvalue weighted by Gasteiger charge is 2.58. The number of aryl methyl sites for hydroxylation is 1. The number of nitrogens with zero attached hydrogens (tertiary/aromatic N) is 6. The van der Waals surface area contributed by atoms with Crippen molar-refractivity contribution in [1.29, 1.82) is 0 Å². The summed E-state index contributed by atoms with van der Waals surface area (Å²) in [5, 5.41) is 27.4. The van der Waals surface area contributed by atoms with Crippen LogP contribution in [0.3, 0.4) is 0 Å². The Balaban J connectivity index is 1.09. The van der Waals surface area contributed by atoms with Crippen molar-refractivity contribution < 1.29 is 14.5 Å². The molecule has 0 unspecified atom stereocenters. The summed E-state index contributed by atoms with van der Waals surface area (Å²) in [6.45, 7) is 5.32. The molecule has 2 aromatic heterocycles. The number of allylic oxidation sites excluding steroid dienone is 2. The maximum Gasteiger partial charge on any atom is 0.244 e. The van der Waals surface area contributed by atoms with Gasteiger partial charge in [-0.1, -0.05) is 19.4 Å². The average molecular weight is 519 g/mol. The van der Waals surface area contributed by atoms with Crippen molar-refractivity contribution in [1.82, 2.24) is 25.6 Å². The van der Waals surface area contributed by atoms with Crippen molar-refractivity contribution in [3.8, 4) is 0 Å². The number of rotatable bonds is 5. The van der Waals surface area contributed by atoms with Crippen LogP contribution in [0.4, 0.5) is 0 Å². The maximum atomic E-state index is 12.7. The van der Waals surface area contributed by atoms with Crippen LogP contribution in [0.15, 0.2) is 41.3 Å². The summed E-state index contributed by atoms with van der Waals surface area (Å²) < 4.78 is 1.95. The van der Waals surface area contributed by atoms with Crippen LogP contribution in [0, 0.1) is 28.6 Å². The third-order valence-electron chi connectivity index (χ3n) is 10.4. The number of aliphatic hydroxyl groups excluding tert-OH is 1. The first kappa shape index (κ1) is 25.3. The normalized spacial score (nSPS) is 35.3. The number of hydrogen-bond donors (Lipinski definition) is 2. The second kappa shape index (κ2) is 9.67. The standard InChI is InChI=1S/C29H39N7O2/c1-28-12-10-21(16-20(28)6-7-22-23-8-9-25(37)29(23,2)13-11-24(22)28)30-32-27(38)15-19-5-4-14-36(17-19)18-26-31-34-35(3)33-26/h4-5,14,16-17,22-25,37H,6-13,15,18H2,1-3H3/p+1/b30-21+/t22-,23-,24-,25+,28-,29-/m0/s1. The number of hydrogen-bond acceptors (Lipinski definition) is 6. The zero-order valence-electron chi connectivity index (χ0n) is 22.8. The number of amides is 1. The molecule has 6 atom stereocenters. The number of tetrazole rings is 1. The van der Waals surface area contributed by atoms with Gasteiger partial charge >= 0.3 is 0 Å². The van der Waals surface area contributed by atoms with Crippen molar-refractivity contribution >= 4 is 11.6 Å². The molecule has 38 heavy (non-hydrogen) atoms. The molecule has 2 N–H and O–H groups in total. The molecule has 4 aliphatic carbocycles. The number of fused-ring (bicyclic) bond motifs is 5. The fourth-order valence-corrected chi connectivity index (χ4v) is 8.32.